The molecule has 0 aliphatic heterocycles. The molecule has 1 aromatic carbocycles. The van der Waals surface area contributed by atoms with Crippen LogP contribution in [0, 0.1) is 6.92 Å². The zero-order valence-electron chi connectivity index (χ0n) is 6.63. The van der Waals surface area contributed by atoms with Gasteiger partial charge in [0, 0.05) is 10.5 Å². The molecule has 0 heterocycles. The Morgan fingerprint density at radius 2 is 2.18 bits per heavy atom. The molecule has 0 fully saturated rings. The van der Waals surface area contributed by atoms with Crippen LogP contribution in [0.4, 0.5) is 0 Å². The summed E-state index contributed by atoms with van der Waals surface area (Å²) >= 11 is 1.60. The van der Waals surface area contributed by atoms with E-state index in [4.69, 9.17) is 0 Å². The van der Waals surface area contributed by atoms with Crippen molar-refractivity contribution >= 4 is 18.0 Å². The number of aldehydes is 1. The highest BCUT2D eigenvalue weighted by atomic mass is 32.2. The van der Waals surface area contributed by atoms with E-state index in [0.717, 1.165) is 22.3 Å². The topological polar surface area (TPSA) is 17.1 Å². The first-order valence-electron chi connectivity index (χ1n) is 3.37. The van der Waals surface area contributed by atoms with Crippen molar-refractivity contribution in [2.45, 2.75) is 11.8 Å². The smallest absolute Gasteiger partial charge is 0.151 e. The van der Waals surface area contributed by atoms with Gasteiger partial charge in [-0.1, -0.05) is 11.6 Å². The van der Waals surface area contributed by atoms with Crippen molar-refractivity contribution < 1.29 is 4.79 Å². The molecule has 1 rings (SSSR count). The van der Waals surface area contributed by atoms with Crippen LogP contribution < -0.4 is 0 Å². The molecular formula is C9H10OS. The maximum absolute atomic E-state index is 10.5. The third-order valence-corrected chi connectivity index (χ3v) is 2.32. The van der Waals surface area contributed by atoms with Gasteiger partial charge in [0.15, 0.2) is 6.29 Å². The quantitative estimate of drug-likeness (QED) is 0.496. The van der Waals surface area contributed by atoms with Gasteiger partial charge in [-0.15, -0.1) is 11.8 Å². The summed E-state index contributed by atoms with van der Waals surface area (Å²) in [5.74, 6) is 0. The second kappa shape index (κ2) is 3.58. The maximum atomic E-state index is 10.5. The molecule has 0 radical (unpaired) electrons. The summed E-state index contributed by atoms with van der Waals surface area (Å²) in [7, 11) is 0. The van der Waals surface area contributed by atoms with Gasteiger partial charge in [-0.25, -0.2) is 0 Å². The lowest BCUT2D eigenvalue weighted by Gasteiger charge is -2.00. The number of aryl methyl sites for hydroxylation is 1. The number of carbonyl (C=O) groups is 1. The second-order valence-electron chi connectivity index (χ2n) is 2.36. The first kappa shape index (κ1) is 8.34. The highest BCUT2D eigenvalue weighted by molar-refractivity contribution is 7.98. The van der Waals surface area contributed by atoms with E-state index in [-0.39, 0.29) is 0 Å². The van der Waals surface area contributed by atoms with E-state index >= 15 is 0 Å². The van der Waals surface area contributed by atoms with E-state index in [0.29, 0.717) is 0 Å². The predicted octanol–water partition coefficient (Wildman–Crippen LogP) is 2.53. The average molecular weight is 166 g/mol. The van der Waals surface area contributed by atoms with Gasteiger partial charge < -0.3 is 0 Å². The van der Waals surface area contributed by atoms with Crippen molar-refractivity contribution in [3.8, 4) is 0 Å². The molecule has 0 aromatic heterocycles. The molecule has 0 bridgehead atoms. The zero-order valence-corrected chi connectivity index (χ0v) is 7.44. The lowest BCUT2D eigenvalue weighted by Crippen LogP contribution is -1.85. The Balaban J connectivity index is 3.16. The van der Waals surface area contributed by atoms with E-state index in [2.05, 4.69) is 0 Å². The number of carbonyl (C=O) groups excluding carboxylic acids is 1. The van der Waals surface area contributed by atoms with Gasteiger partial charge in [0.2, 0.25) is 0 Å². The first-order valence-corrected chi connectivity index (χ1v) is 4.60. The van der Waals surface area contributed by atoms with E-state index < -0.39 is 0 Å². The zero-order chi connectivity index (χ0) is 8.27. The molecule has 0 atom stereocenters. The van der Waals surface area contributed by atoms with E-state index in [1.807, 2.05) is 31.4 Å². The van der Waals surface area contributed by atoms with Crippen molar-refractivity contribution in [3.05, 3.63) is 29.3 Å². The molecule has 1 nitrogen and oxygen atoms in total. The summed E-state index contributed by atoms with van der Waals surface area (Å²) in [6, 6.07) is 5.89. The molecule has 58 valence electrons. The summed E-state index contributed by atoms with van der Waals surface area (Å²) in [6.07, 6.45) is 2.87. The Morgan fingerprint density at radius 1 is 1.45 bits per heavy atom. The van der Waals surface area contributed by atoms with Gasteiger partial charge in [0.1, 0.15) is 0 Å². The first-order chi connectivity index (χ1) is 5.27. The van der Waals surface area contributed by atoms with Gasteiger partial charge in [-0.05, 0) is 25.3 Å². The maximum Gasteiger partial charge on any atom is 0.151 e. The Kier molecular flexibility index (Phi) is 2.71. The Morgan fingerprint density at radius 3 is 2.73 bits per heavy atom. The summed E-state index contributed by atoms with van der Waals surface area (Å²) in [5.41, 5.74) is 1.92. The Hall–Kier alpha value is -0.760. The van der Waals surface area contributed by atoms with Crippen LogP contribution in [0.15, 0.2) is 23.1 Å². The van der Waals surface area contributed by atoms with Crippen LogP contribution in [0.2, 0.25) is 0 Å². The number of hydrogen-bond acceptors (Lipinski definition) is 2. The van der Waals surface area contributed by atoms with Gasteiger partial charge >= 0.3 is 0 Å². The van der Waals surface area contributed by atoms with E-state index in [9.17, 15) is 4.79 Å². The number of thioether (sulfide) groups is 1. The Bertz CT molecular complexity index is 268. The lowest BCUT2D eigenvalue weighted by molar-refractivity contribution is 0.112. The molecule has 0 saturated heterocycles. The van der Waals surface area contributed by atoms with Crippen molar-refractivity contribution in [1.82, 2.24) is 0 Å². The molecule has 0 saturated carbocycles. The monoisotopic (exact) mass is 166 g/mol. The minimum atomic E-state index is 0.789. The standard InChI is InChI=1S/C9H10OS/c1-7-3-4-9(11-2)8(5-7)6-10/h3-6H,1-2H3. The molecule has 0 spiro atoms. The molecule has 2 heteroatoms. The SMILES string of the molecule is CSc1ccc(C)cc1C=O. The normalized spacial score (nSPS) is 9.64. The molecule has 0 aliphatic carbocycles. The summed E-state index contributed by atoms with van der Waals surface area (Å²) in [4.78, 5) is 11.6. The largest absolute Gasteiger partial charge is 0.298 e. The van der Waals surface area contributed by atoms with Crippen LogP contribution in [0.25, 0.3) is 0 Å². The highest BCUT2D eigenvalue weighted by Gasteiger charge is 1.98. The summed E-state index contributed by atoms with van der Waals surface area (Å²) in [6.45, 7) is 1.98. The van der Waals surface area contributed by atoms with Crippen LogP contribution in [0.1, 0.15) is 15.9 Å². The fourth-order valence-electron chi connectivity index (χ4n) is 0.946. The summed E-state index contributed by atoms with van der Waals surface area (Å²) < 4.78 is 0. The highest BCUT2D eigenvalue weighted by Crippen LogP contribution is 2.19. The van der Waals surface area contributed by atoms with Crippen LogP contribution in [0.3, 0.4) is 0 Å². The third-order valence-electron chi connectivity index (χ3n) is 1.51. The van der Waals surface area contributed by atoms with Gasteiger partial charge in [-0.3, -0.25) is 4.79 Å². The molecule has 11 heavy (non-hydrogen) atoms. The van der Waals surface area contributed by atoms with Crippen molar-refractivity contribution in [1.29, 1.82) is 0 Å². The van der Waals surface area contributed by atoms with E-state index in [1.165, 1.54) is 0 Å². The number of benzene rings is 1. The minimum Gasteiger partial charge on any atom is -0.298 e. The minimum absolute atomic E-state index is 0.789. The fraction of sp³-hybridized carbons (Fsp3) is 0.222. The lowest BCUT2D eigenvalue weighted by atomic mass is 10.2. The molecule has 0 unspecified atom stereocenters. The number of rotatable bonds is 2. The molecule has 0 N–H and O–H groups in total. The van der Waals surface area contributed by atoms with Crippen LogP contribution >= 0.6 is 11.8 Å². The average Bonchev–Trinajstić information content (AvgIpc) is 2.04. The molecular weight excluding hydrogens is 156 g/mol. The van der Waals surface area contributed by atoms with Gasteiger partial charge in [-0.2, -0.15) is 0 Å². The Labute approximate surface area is 70.8 Å². The second-order valence-corrected chi connectivity index (χ2v) is 3.21. The fourth-order valence-corrected chi connectivity index (χ4v) is 1.49. The van der Waals surface area contributed by atoms with E-state index in [1.54, 1.807) is 11.8 Å². The van der Waals surface area contributed by atoms with Crippen molar-refractivity contribution in [2.75, 3.05) is 6.26 Å². The van der Waals surface area contributed by atoms with Crippen LogP contribution in [-0.4, -0.2) is 12.5 Å². The van der Waals surface area contributed by atoms with Crippen LogP contribution in [-0.2, 0) is 0 Å². The van der Waals surface area contributed by atoms with Crippen molar-refractivity contribution in [2.24, 2.45) is 0 Å². The third kappa shape index (κ3) is 1.84. The molecule has 0 amide bonds. The van der Waals surface area contributed by atoms with Crippen molar-refractivity contribution in [3.63, 3.8) is 0 Å². The van der Waals surface area contributed by atoms with Gasteiger partial charge in [0.25, 0.3) is 0 Å². The number of hydrogen-bond donors (Lipinski definition) is 0. The van der Waals surface area contributed by atoms with Crippen LogP contribution in [0.5, 0.6) is 0 Å². The molecule has 1 aromatic rings. The molecule has 0 aliphatic rings. The summed E-state index contributed by atoms with van der Waals surface area (Å²) in [5, 5.41) is 0. The van der Waals surface area contributed by atoms with Gasteiger partial charge in [0.05, 0.1) is 0 Å². The predicted molar refractivity (Wildman–Crippen MR) is 48.3 cm³/mol.